The lowest BCUT2D eigenvalue weighted by molar-refractivity contribution is -0.141. The minimum atomic E-state index is -0.167. The molecule has 1 aliphatic rings. The smallest absolute Gasteiger partial charge is 0.310 e. The summed E-state index contributed by atoms with van der Waals surface area (Å²) in [6, 6.07) is 5.97. The van der Waals surface area contributed by atoms with E-state index in [2.05, 4.69) is 6.08 Å². The SMILES string of the molecule is CCOC(=O)CC1=CCCc2c(OC)cccc21. The fourth-order valence-electron chi connectivity index (χ4n) is 2.35. The third kappa shape index (κ3) is 2.55. The first kappa shape index (κ1) is 12.7. The van der Waals surface area contributed by atoms with Gasteiger partial charge in [0.15, 0.2) is 0 Å². The van der Waals surface area contributed by atoms with Crippen LogP contribution in [0.15, 0.2) is 24.3 Å². The van der Waals surface area contributed by atoms with Crippen molar-refractivity contribution in [2.75, 3.05) is 13.7 Å². The van der Waals surface area contributed by atoms with E-state index < -0.39 is 0 Å². The van der Waals surface area contributed by atoms with Gasteiger partial charge in [0.25, 0.3) is 0 Å². The maximum absolute atomic E-state index is 11.6. The summed E-state index contributed by atoms with van der Waals surface area (Å²) in [5.41, 5.74) is 3.36. The number of hydrogen-bond donors (Lipinski definition) is 0. The molecular formula is C15H18O3. The second-order valence-corrected chi connectivity index (χ2v) is 4.24. The van der Waals surface area contributed by atoms with Crippen LogP contribution >= 0.6 is 0 Å². The number of hydrogen-bond acceptors (Lipinski definition) is 3. The minimum absolute atomic E-state index is 0.167. The summed E-state index contributed by atoms with van der Waals surface area (Å²) in [5, 5.41) is 0. The Balaban J connectivity index is 2.26. The number of methoxy groups -OCH3 is 1. The van der Waals surface area contributed by atoms with E-state index in [1.54, 1.807) is 7.11 Å². The summed E-state index contributed by atoms with van der Waals surface area (Å²) in [4.78, 5) is 11.6. The molecule has 0 radical (unpaired) electrons. The standard InChI is InChI=1S/C15H18O3/c1-3-18-15(16)10-11-6-4-8-13-12(11)7-5-9-14(13)17-2/h5-7,9H,3-4,8,10H2,1-2H3. The van der Waals surface area contributed by atoms with E-state index >= 15 is 0 Å². The number of esters is 1. The lowest BCUT2D eigenvalue weighted by Crippen LogP contribution is -2.08. The molecule has 18 heavy (non-hydrogen) atoms. The van der Waals surface area contributed by atoms with Gasteiger partial charge in [-0.1, -0.05) is 18.2 Å². The van der Waals surface area contributed by atoms with Crippen molar-refractivity contribution in [2.24, 2.45) is 0 Å². The Morgan fingerprint density at radius 3 is 2.94 bits per heavy atom. The molecule has 0 unspecified atom stereocenters. The number of rotatable bonds is 4. The van der Waals surface area contributed by atoms with Crippen molar-refractivity contribution in [3.8, 4) is 5.75 Å². The highest BCUT2D eigenvalue weighted by molar-refractivity contribution is 5.87. The molecule has 2 rings (SSSR count). The average molecular weight is 246 g/mol. The molecule has 1 aliphatic carbocycles. The monoisotopic (exact) mass is 246 g/mol. The van der Waals surface area contributed by atoms with E-state index in [0.717, 1.165) is 29.7 Å². The van der Waals surface area contributed by atoms with Crippen LogP contribution < -0.4 is 4.74 Å². The molecule has 3 nitrogen and oxygen atoms in total. The number of ether oxygens (including phenoxy) is 2. The normalized spacial score (nSPS) is 13.6. The number of carbonyl (C=O) groups is 1. The molecule has 3 heteroatoms. The first-order valence-corrected chi connectivity index (χ1v) is 6.27. The summed E-state index contributed by atoms with van der Waals surface area (Å²) in [6.45, 7) is 2.25. The molecule has 0 saturated carbocycles. The Morgan fingerprint density at radius 1 is 1.39 bits per heavy atom. The molecule has 0 heterocycles. The van der Waals surface area contributed by atoms with Gasteiger partial charge in [-0.15, -0.1) is 0 Å². The Morgan fingerprint density at radius 2 is 2.22 bits per heavy atom. The van der Waals surface area contributed by atoms with Crippen molar-refractivity contribution < 1.29 is 14.3 Å². The number of allylic oxidation sites excluding steroid dienone is 1. The molecule has 0 bridgehead atoms. The van der Waals surface area contributed by atoms with Crippen molar-refractivity contribution in [1.29, 1.82) is 0 Å². The summed E-state index contributed by atoms with van der Waals surface area (Å²) >= 11 is 0. The molecule has 0 aromatic heterocycles. The first-order valence-electron chi connectivity index (χ1n) is 6.27. The first-order chi connectivity index (χ1) is 8.76. The van der Waals surface area contributed by atoms with Gasteiger partial charge in [0.2, 0.25) is 0 Å². The Labute approximate surface area is 107 Å². The Kier molecular flexibility index (Phi) is 4.03. The van der Waals surface area contributed by atoms with Crippen LogP contribution in [0.4, 0.5) is 0 Å². The molecule has 0 atom stereocenters. The van der Waals surface area contributed by atoms with E-state index in [1.807, 2.05) is 25.1 Å². The highest BCUT2D eigenvalue weighted by Gasteiger charge is 2.18. The van der Waals surface area contributed by atoms with Gasteiger partial charge in [0.1, 0.15) is 5.75 Å². The van der Waals surface area contributed by atoms with Gasteiger partial charge in [-0.25, -0.2) is 0 Å². The minimum Gasteiger partial charge on any atom is -0.496 e. The van der Waals surface area contributed by atoms with Crippen molar-refractivity contribution in [1.82, 2.24) is 0 Å². The van der Waals surface area contributed by atoms with Crippen LogP contribution in [-0.2, 0) is 16.0 Å². The van der Waals surface area contributed by atoms with Gasteiger partial charge >= 0.3 is 5.97 Å². The molecule has 0 spiro atoms. The quantitative estimate of drug-likeness (QED) is 0.766. The number of benzene rings is 1. The van der Waals surface area contributed by atoms with Crippen LogP contribution in [0.25, 0.3) is 5.57 Å². The topological polar surface area (TPSA) is 35.5 Å². The van der Waals surface area contributed by atoms with Crippen molar-refractivity contribution in [2.45, 2.75) is 26.2 Å². The van der Waals surface area contributed by atoms with Crippen molar-refractivity contribution in [3.05, 3.63) is 35.4 Å². The van der Waals surface area contributed by atoms with Crippen LogP contribution in [0, 0.1) is 0 Å². The van der Waals surface area contributed by atoms with Crippen LogP contribution in [-0.4, -0.2) is 19.7 Å². The van der Waals surface area contributed by atoms with E-state index in [0.29, 0.717) is 13.0 Å². The lowest BCUT2D eigenvalue weighted by Gasteiger charge is -2.19. The number of carbonyl (C=O) groups excluding carboxylic acids is 1. The maximum Gasteiger partial charge on any atom is 0.310 e. The summed E-state index contributed by atoms with van der Waals surface area (Å²) in [6.07, 6.45) is 4.38. The molecule has 0 fully saturated rings. The average Bonchev–Trinajstić information content (AvgIpc) is 2.38. The summed E-state index contributed by atoms with van der Waals surface area (Å²) in [5.74, 6) is 0.737. The third-order valence-corrected chi connectivity index (χ3v) is 3.12. The van der Waals surface area contributed by atoms with Crippen molar-refractivity contribution in [3.63, 3.8) is 0 Å². The molecule has 1 aromatic rings. The van der Waals surface area contributed by atoms with Gasteiger partial charge in [-0.2, -0.15) is 0 Å². The zero-order chi connectivity index (χ0) is 13.0. The van der Waals surface area contributed by atoms with Gasteiger partial charge in [-0.3, -0.25) is 4.79 Å². The molecule has 96 valence electrons. The van der Waals surface area contributed by atoms with Crippen LogP contribution in [0.2, 0.25) is 0 Å². The Bertz CT molecular complexity index is 475. The van der Waals surface area contributed by atoms with E-state index in [4.69, 9.17) is 9.47 Å². The Hall–Kier alpha value is -1.77. The largest absolute Gasteiger partial charge is 0.496 e. The van der Waals surface area contributed by atoms with E-state index in [1.165, 1.54) is 5.56 Å². The van der Waals surface area contributed by atoms with Gasteiger partial charge < -0.3 is 9.47 Å². The fraction of sp³-hybridized carbons (Fsp3) is 0.400. The predicted molar refractivity (Wildman–Crippen MR) is 70.5 cm³/mol. The highest BCUT2D eigenvalue weighted by atomic mass is 16.5. The molecule has 1 aromatic carbocycles. The van der Waals surface area contributed by atoms with Gasteiger partial charge in [0.05, 0.1) is 20.1 Å². The zero-order valence-corrected chi connectivity index (χ0v) is 10.9. The maximum atomic E-state index is 11.6. The molecule has 0 aliphatic heterocycles. The zero-order valence-electron chi connectivity index (χ0n) is 10.9. The van der Waals surface area contributed by atoms with Crippen LogP contribution in [0.1, 0.15) is 30.9 Å². The molecule has 0 saturated heterocycles. The van der Waals surface area contributed by atoms with Crippen LogP contribution in [0.3, 0.4) is 0 Å². The molecule has 0 amide bonds. The van der Waals surface area contributed by atoms with Crippen LogP contribution in [0.5, 0.6) is 5.75 Å². The third-order valence-electron chi connectivity index (χ3n) is 3.12. The summed E-state index contributed by atoms with van der Waals surface area (Å²) < 4.78 is 10.4. The highest BCUT2D eigenvalue weighted by Crippen LogP contribution is 2.34. The second-order valence-electron chi connectivity index (χ2n) is 4.24. The fourth-order valence-corrected chi connectivity index (χ4v) is 2.35. The second kappa shape index (κ2) is 5.71. The predicted octanol–water partition coefficient (Wildman–Crippen LogP) is 2.98. The number of fused-ring (bicyclic) bond motifs is 1. The lowest BCUT2D eigenvalue weighted by atomic mass is 9.88. The van der Waals surface area contributed by atoms with Gasteiger partial charge in [0, 0.05) is 5.56 Å². The van der Waals surface area contributed by atoms with E-state index in [9.17, 15) is 4.79 Å². The van der Waals surface area contributed by atoms with E-state index in [-0.39, 0.29) is 5.97 Å². The van der Waals surface area contributed by atoms with Crippen molar-refractivity contribution >= 4 is 11.5 Å². The summed E-state index contributed by atoms with van der Waals surface area (Å²) in [7, 11) is 1.68. The molecular weight excluding hydrogens is 228 g/mol. The molecule has 0 N–H and O–H groups in total. The van der Waals surface area contributed by atoms with Gasteiger partial charge in [-0.05, 0) is 37.0 Å².